The van der Waals surface area contributed by atoms with Crippen molar-refractivity contribution in [2.24, 2.45) is 5.73 Å². The number of hydrogen-bond donors (Lipinski definition) is 2. The number of carbonyl (C=O) groups is 2. The lowest BCUT2D eigenvalue weighted by molar-refractivity contribution is -0.113. The van der Waals surface area contributed by atoms with Crippen LogP contribution in [0.2, 0.25) is 0 Å². The van der Waals surface area contributed by atoms with Crippen LogP contribution in [0, 0.1) is 0 Å². The summed E-state index contributed by atoms with van der Waals surface area (Å²) >= 11 is 2.54. The van der Waals surface area contributed by atoms with Crippen LogP contribution in [0.25, 0.3) is 5.69 Å². The van der Waals surface area contributed by atoms with Gasteiger partial charge >= 0.3 is 0 Å². The number of benzene rings is 1. The summed E-state index contributed by atoms with van der Waals surface area (Å²) in [6.45, 7) is 0. The summed E-state index contributed by atoms with van der Waals surface area (Å²) in [5.74, 6) is 0.743. The highest BCUT2D eigenvalue weighted by Crippen LogP contribution is 2.40. The van der Waals surface area contributed by atoms with Gasteiger partial charge in [0.05, 0.1) is 17.0 Å². The molecule has 7 nitrogen and oxygen atoms in total. The summed E-state index contributed by atoms with van der Waals surface area (Å²) in [5.41, 5.74) is 6.58. The summed E-state index contributed by atoms with van der Waals surface area (Å²) in [6.07, 6.45) is 2.23. The lowest BCUT2D eigenvalue weighted by Gasteiger charge is -2.03. The summed E-state index contributed by atoms with van der Waals surface area (Å²) in [6, 6.07) is 11.5. The van der Waals surface area contributed by atoms with Crippen LogP contribution in [-0.4, -0.2) is 32.3 Å². The number of primary amides is 1. The van der Waals surface area contributed by atoms with E-state index < -0.39 is 5.91 Å². The smallest absolute Gasteiger partial charge is 0.251 e. The highest BCUT2D eigenvalue weighted by Gasteiger charge is 2.30. The number of carbonyl (C=O) groups excluding carboxylic acids is 2. The van der Waals surface area contributed by atoms with Crippen LogP contribution in [0.3, 0.4) is 0 Å². The van der Waals surface area contributed by atoms with Crippen LogP contribution < -0.4 is 11.1 Å². The number of hydrogen-bond acceptors (Lipinski definition) is 6. The Morgan fingerprint density at radius 3 is 2.74 bits per heavy atom. The van der Waals surface area contributed by atoms with E-state index in [4.69, 9.17) is 5.73 Å². The Balaban J connectivity index is 1.45. The number of amides is 2. The fraction of sp³-hybridized carbons (Fsp3) is 0.222. The minimum absolute atomic E-state index is 0.152. The molecular formula is C18H17N5O2S2. The van der Waals surface area contributed by atoms with Crippen molar-refractivity contribution in [3.05, 3.63) is 53.2 Å². The molecule has 1 aliphatic carbocycles. The van der Waals surface area contributed by atoms with Crippen molar-refractivity contribution in [1.29, 1.82) is 0 Å². The number of aromatic nitrogens is 3. The fourth-order valence-electron chi connectivity index (χ4n) is 2.62. The highest BCUT2D eigenvalue weighted by atomic mass is 32.2. The predicted molar refractivity (Wildman–Crippen MR) is 106 cm³/mol. The zero-order valence-corrected chi connectivity index (χ0v) is 15.9. The van der Waals surface area contributed by atoms with Gasteiger partial charge in [-0.05, 0) is 36.4 Å². The Labute approximate surface area is 164 Å². The first kappa shape index (κ1) is 17.7. The molecule has 0 bridgehead atoms. The first-order valence-electron chi connectivity index (χ1n) is 8.44. The molecule has 1 saturated carbocycles. The molecule has 0 spiro atoms. The summed E-state index contributed by atoms with van der Waals surface area (Å²) < 4.78 is 1.86. The zero-order valence-electron chi connectivity index (χ0n) is 14.3. The van der Waals surface area contributed by atoms with Gasteiger partial charge in [-0.1, -0.05) is 30.0 Å². The van der Waals surface area contributed by atoms with E-state index in [2.05, 4.69) is 15.4 Å². The maximum atomic E-state index is 12.2. The Morgan fingerprint density at radius 1 is 1.26 bits per heavy atom. The third-order valence-corrected chi connectivity index (χ3v) is 5.74. The van der Waals surface area contributed by atoms with E-state index in [1.165, 1.54) is 23.1 Å². The van der Waals surface area contributed by atoms with Gasteiger partial charge in [-0.2, -0.15) is 0 Å². The number of anilines is 1. The van der Waals surface area contributed by atoms with E-state index in [-0.39, 0.29) is 11.7 Å². The van der Waals surface area contributed by atoms with Crippen LogP contribution in [0.1, 0.15) is 34.9 Å². The van der Waals surface area contributed by atoms with Crippen LogP contribution in [0.15, 0.2) is 46.9 Å². The summed E-state index contributed by atoms with van der Waals surface area (Å²) in [4.78, 5) is 28.2. The predicted octanol–water partition coefficient (Wildman–Crippen LogP) is 3.04. The molecule has 1 fully saturated rings. The van der Waals surface area contributed by atoms with Crippen LogP contribution >= 0.6 is 23.1 Å². The third kappa shape index (κ3) is 4.04. The second-order valence-corrected chi connectivity index (χ2v) is 8.00. The minimum Gasteiger partial charge on any atom is -0.366 e. The maximum absolute atomic E-state index is 12.2. The molecule has 2 heterocycles. The largest absolute Gasteiger partial charge is 0.366 e. The van der Waals surface area contributed by atoms with Crippen molar-refractivity contribution in [2.45, 2.75) is 23.9 Å². The molecule has 3 N–H and O–H groups in total. The molecule has 0 aliphatic heterocycles. The third-order valence-electron chi connectivity index (χ3n) is 4.07. The number of thiophene rings is 1. The van der Waals surface area contributed by atoms with Crippen molar-refractivity contribution < 1.29 is 9.59 Å². The number of thioether (sulfide) groups is 1. The summed E-state index contributed by atoms with van der Waals surface area (Å²) in [7, 11) is 0. The van der Waals surface area contributed by atoms with Crippen LogP contribution in [-0.2, 0) is 4.79 Å². The molecular weight excluding hydrogens is 382 g/mol. The first-order valence-corrected chi connectivity index (χ1v) is 10.3. The quantitative estimate of drug-likeness (QED) is 0.595. The number of rotatable bonds is 7. The molecule has 0 atom stereocenters. The van der Waals surface area contributed by atoms with Crippen molar-refractivity contribution in [3.63, 3.8) is 0 Å². The standard InChI is InChI=1S/C18H17N5O2S2/c19-15(25)13-8-9-26-17(13)20-14(24)10-27-18-21-16(11-6-7-11)23(22-18)12-4-2-1-3-5-12/h1-5,8-9,11H,6-7,10H2,(H2,19,25)(H,20,24). The van der Waals surface area contributed by atoms with Gasteiger partial charge in [0.1, 0.15) is 10.8 Å². The molecule has 2 amide bonds. The van der Waals surface area contributed by atoms with Gasteiger partial charge in [-0.15, -0.1) is 16.4 Å². The lowest BCUT2D eigenvalue weighted by atomic mass is 10.3. The van der Waals surface area contributed by atoms with Crippen LogP contribution in [0.5, 0.6) is 0 Å². The Hall–Kier alpha value is -2.65. The highest BCUT2D eigenvalue weighted by molar-refractivity contribution is 7.99. The second kappa shape index (κ2) is 7.53. The topological polar surface area (TPSA) is 103 Å². The number of nitrogens with zero attached hydrogens (tertiary/aromatic N) is 3. The normalized spacial score (nSPS) is 13.5. The van der Waals surface area contributed by atoms with Crippen molar-refractivity contribution in [2.75, 3.05) is 11.1 Å². The minimum atomic E-state index is -0.559. The van der Waals surface area contributed by atoms with E-state index in [0.29, 0.717) is 21.6 Å². The van der Waals surface area contributed by atoms with Crippen molar-refractivity contribution in [3.8, 4) is 5.69 Å². The Morgan fingerprint density at radius 2 is 2.04 bits per heavy atom. The van der Waals surface area contributed by atoms with Gasteiger partial charge in [0.25, 0.3) is 5.91 Å². The van der Waals surface area contributed by atoms with Crippen molar-refractivity contribution >= 4 is 39.9 Å². The molecule has 1 aromatic carbocycles. The number of nitrogens with two attached hydrogens (primary N) is 1. The lowest BCUT2D eigenvalue weighted by Crippen LogP contribution is -2.17. The van der Waals surface area contributed by atoms with Gasteiger partial charge in [0, 0.05) is 5.92 Å². The van der Waals surface area contributed by atoms with Gasteiger partial charge in [-0.25, -0.2) is 9.67 Å². The van der Waals surface area contributed by atoms with Gasteiger partial charge in [-0.3, -0.25) is 9.59 Å². The second-order valence-electron chi connectivity index (χ2n) is 6.14. The molecule has 1 aliphatic rings. The first-order chi connectivity index (χ1) is 13.1. The van der Waals surface area contributed by atoms with E-state index in [0.717, 1.165) is 24.4 Å². The molecule has 2 aromatic heterocycles. The average Bonchev–Trinajstić information content (AvgIpc) is 3.25. The van der Waals surface area contributed by atoms with Gasteiger partial charge in [0.2, 0.25) is 11.1 Å². The Kier molecular flexibility index (Phi) is 4.95. The zero-order chi connectivity index (χ0) is 18.8. The molecule has 27 heavy (non-hydrogen) atoms. The molecule has 0 saturated heterocycles. The van der Waals surface area contributed by atoms with Gasteiger partial charge < -0.3 is 11.1 Å². The molecule has 9 heteroatoms. The molecule has 138 valence electrons. The molecule has 4 rings (SSSR count). The molecule has 0 unspecified atom stereocenters. The Bertz CT molecular complexity index is 979. The van der Waals surface area contributed by atoms with Gasteiger partial charge in [0.15, 0.2) is 0 Å². The summed E-state index contributed by atoms with van der Waals surface area (Å²) in [5, 5.41) is 10.0. The fourth-order valence-corrected chi connectivity index (χ4v) is 4.06. The van der Waals surface area contributed by atoms with Crippen molar-refractivity contribution in [1.82, 2.24) is 14.8 Å². The maximum Gasteiger partial charge on any atom is 0.251 e. The molecule has 3 aromatic rings. The van der Waals surface area contributed by atoms with Crippen LogP contribution in [0.4, 0.5) is 5.00 Å². The number of nitrogens with one attached hydrogen (secondary N) is 1. The SMILES string of the molecule is NC(=O)c1ccsc1NC(=O)CSc1nc(C2CC2)n(-c2ccccc2)n1. The molecule has 0 radical (unpaired) electrons. The van der Waals surface area contributed by atoms with E-state index in [9.17, 15) is 9.59 Å². The van der Waals surface area contributed by atoms with E-state index >= 15 is 0 Å². The van der Waals surface area contributed by atoms with E-state index in [1.54, 1.807) is 11.4 Å². The number of para-hydroxylation sites is 1. The average molecular weight is 400 g/mol. The monoisotopic (exact) mass is 399 g/mol. The van der Waals surface area contributed by atoms with E-state index in [1.807, 2.05) is 35.0 Å².